The van der Waals surface area contributed by atoms with Gasteiger partial charge >= 0.3 is 0 Å². The van der Waals surface area contributed by atoms with Crippen molar-refractivity contribution < 1.29 is 4.79 Å². The number of carbonyl (C=O) groups excluding carboxylic acids is 1. The highest BCUT2D eigenvalue weighted by atomic mass is 16.1. The van der Waals surface area contributed by atoms with Gasteiger partial charge in [0.25, 0.3) is 0 Å². The molecule has 1 saturated carbocycles. The third-order valence-corrected chi connectivity index (χ3v) is 3.88. The average molecular weight is 240 g/mol. The monoisotopic (exact) mass is 240 g/mol. The van der Waals surface area contributed by atoms with E-state index in [0.717, 1.165) is 12.3 Å². The molecule has 1 fully saturated rings. The topological polar surface area (TPSA) is 55.1 Å². The fraction of sp³-hybridized carbons (Fsp3) is 0.929. The smallest absolute Gasteiger partial charge is 0.221 e. The fourth-order valence-electron chi connectivity index (χ4n) is 2.93. The highest BCUT2D eigenvalue weighted by molar-refractivity contribution is 5.76. The lowest BCUT2D eigenvalue weighted by molar-refractivity contribution is -0.122. The van der Waals surface area contributed by atoms with Crippen LogP contribution in [0.5, 0.6) is 0 Å². The summed E-state index contributed by atoms with van der Waals surface area (Å²) in [4.78, 5) is 11.8. The molecule has 3 nitrogen and oxygen atoms in total. The van der Waals surface area contributed by atoms with Crippen molar-refractivity contribution in [3.63, 3.8) is 0 Å². The van der Waals surface area contributed by atoms with E-state index in [2.05, 4.69) is 26.1 Å². The largest absolute Gasteiger partial charge is 0.353 e. The summed E-state index contributed by atoms with van der Waals surface area (Å²) in [6.07, 6.45) is 4.09. The normalized spacial score (nSPS) is 31.3. The Hall–Kier alpha value is -0.570. The number of nitrogens with two attached hydrogens (primary N) is 1. The van der Waals surface area contributed by atoms with Crippen LogP contribution in [0.4, 0.5) is 0 Å². The molecule has 1 rings (SSSR count). The fourth-order valence-corrected chi connectivity index (χ4v) is 2.93. The van der Waals surface area contributed by atoms with Gasteiger partial charge in [-0.3, -0.25) is 4.79 Å². The average Bonchev–Trinajstić information content (AvgIpc) is 2.15. The highest BCUT2D eigenvalue weighted by Crippen LogP contribution is 2.33. The van der Waals surface area contributed by atoms with Gasteiger partial charge in [-0.15, -0.1) is 0 Å². The molecular weight excluding hydrogens is 212 g/mol. The van der Waals surface area contributed by atoms with Crippen LogP contribution in [-0.4, -0.2) is 18.0 Å². The molecule has 4 unspecified atom stereocenters. The molecule has 1 aliphatic carbocycles. The van der Waals surface area contributed by atoms with Gasteiger partial charge in [0, 0.05) is 18.5 Å². The molecule has 3 N–H and O–H groups in total. The molecule has 0 aromatic rings. The number of hydrogen-bond donors (Lipinski definition) is 2. The Morgan fingerprint density at radius 2 is 2.00 bits per heavy atom. The summed E-state index contributed by atoms with van der Waals surface area (Å²) in [5.74, 6) is 2.11. The van der Waals surface area contributed by atoms with Gasteiger partial charge in [0.2, 0.25) is 5.91 Å². The van der Waals surface area contributed by atoms with Gasteiger partial charge in [-0.25, -0.2) is 0 Å². The van der Waals surface area contributed by atoms with Gasteiger partial charge < -0.3 is 11.1 Å². The van der Waals surface area contributed by atoms with Crippen molar-refractivity contribution >= 4 is 5.91 Å². The quantitative estimate of drug-likeness (QED) is 0.792. The van der Waals surface area contributed by atoms with Crippen LogP contribution in [0, 0.1) is 17.8 Å². The van der Waals surface area contributed by atoms with Crippen molar-refractivity contribution in [3.8, 4) is 0 Å². The number of carbonyl (C=O) groups is 1. The van der Waals surface area contributed by atoms with Crippen molar-refractivity contribution in [3.05, 3.63) is 0 Å². The van der Waals surface area contributed by atoms with E-state index in [1.807, 2.05) is 6.92 Å². The summed E-state index contributed by atoms with van der Waals surface area (Å²) in [6, 6.07) is 0.304. The Morgan fingerprint density at radius 1 is 1.35 bits per heavy atom. The van der Waals surface area contributed by atoms with E-state index in [9.17, 15) is 4.79 Å². The van der Waals surface area contributed by atoms with Gasteiger partial charge in [-0.05, 0) is 37.5 Å². The van der Waals surface area contributed by atoms with Gasteiger partial charge in [0.15, 0.2) is 0 Å². The van der Waals surface area contributed by atoms with Crippen molar-refractivity contribution in [1.82, 2.24) is 5.32 Å². The van der Waals surface area contributed by atoms with Crippen LogP contribution < -0.4 is 11.1 Å². The van der Waals surface area contributed by atoms with Gasteiger partial charge in [0.1, 0.15) is 0 Å². The van der Waals surface area contributed by atoms with Gasteiger partial charge in [-0.2, -0.15) is 0 Å². The van der Waals surface area contributed by atoms with Crippen LogP contribution >= 0.6 is 0 Å². The van der Waals surface area contributed by atoms with Crippen molar-refractivity contribution in [2.75, 3.05) is 0 Å². The highest BCUT2D eigenvalue weighted by Gasteiger charge is 2.31. The molecule has 1 aliphatic rings. The summed E-state index contributed by atoms with van der Waals surface area (Å²) in [5.41, 5.74) is 5.66. The molecule has 0 aliphatic heterocycles. The Bertz CT molecular complexity index is 251. The molecule has 0 bridgehead atoms. The van der Waals surface area contributed by atoms with Crippen molar-refractivity contribution in [2.45, 2.75) is 65.5 Å². The van der Waals surface area contributed by atoms with Gasteiger partial charge in [0.05, 0.1) is 0 Å². The molecule has 3 heteroatoms. The van der Waals surface area contributed by atoms with Crippen LogP contribution in [0.15, 0.2) is 0 Å². The van der Waals surface area contributed by atoms with Crippen LogP contribution in [0.25, 0.3) is 0 Å². The molecule has 0 aromatic carbocycles. The van der Waals surface area contributed by atoms with E-state index >= 15 is 0 Å². The van der Waals surface area contributed by atoms with Crippen LogP contribution in [-0.2, 0) is 4.79 Å². The number of amides is 1. The van der Waals surface area contributed by atoms with E-state index < -0.39 is 0 Å². The van der Waals surface area contributed by atoms with Gasteiger partial charge in [-0.1, -0.05) is 27.2 Å². The van der Waals surface area contributed by atoms with E-state index in [0.29, 0.717) is 24.3 Å². The van der Waals surface area contributed by atoms with E-state index in [4.69, 9.17) is 5.73 Å². The lowest BCUT2D eigenvalue weighted by Crippen LogP contribution is -2.46. The first-order chi connectivity index (χ1) is 7.90. The second-order valence-corrected chi connectivity index (χ2v) is 6.18. The number of nitrogens with one attached hydrogen (secondary N) is 1. The molecule has 100 valence electrons. The first kappa shape index (κ1) is 14.5. The summed E-state index contributed by atoms with van der Waals surface area (Å²) in [6.45, 7) is 8.67. The van der Waals surface area contributed by atoms with Crippen LogP contribution in [0.1, 0.15) is 53.4 Å². The molecule has 0 spiro atoms. The Labute approximate surface area is 106 Å². The molecule has 1 amide bonds. The number of hydrogen-bond acceptors (Lipinski definition) is 2. The molecule has 0 heterocycles. The molecule has 0 aromatic heterocycles. The van der Waals surface area contributed by atoms with E-state index in [1.54, 1.807) is 0 Å². The van der Waals surface area contributed by atoms with E-state index in [-0.39, 0.29) is 11.9 Å². The molecule has 4 atom stereocenters. The third-order valence-electron chi connectivity index (χ3n) is 3.88. The summed E-state index contributed by atoms with van der Waals surface area (Å²) < 4.78 is 0. The zero-order valence-corrected chi connectivity index (χ0v) is 11.7. The standard InChI is InChI=1S/C14H28N2O/c1-9(2)12-6-5-10(3)7-13(12)16-14(17)8-11(4)15/h9-13H,5-8,15H2,1-4H3,(H,16,17). The molecule has 0 saturated heterocycles. The second-order valence-electron chi connectivity index (χ2n) is 6.18. The van der Waals surface area contributed by atoms with E-state index in [1.165, 1.54) is 12.8 Å². The van der Waals surface area contributed by atoms with Crippen LogP contribution in [0.2, 0.25) is 0 Å². The second kappa shape index (κ2) is 6.39. The summed E-state index contributed by atoms with van der Waals surface area (Å²) in [5, 5.41) is 3.19. The predicted octanol–water partition coefficient (Wildman–Crippen LogP) is 2.30. The molecule has 0 radical (unpaired) electrons. The number of rotatable bonds is 4. The molecule has 17 heavy (non-hydrogen) atoms. The Balaban J connectivity index is 2.54. The minimum absolute atomic E-state index is 0.0477. The minimum atomic E-state index is -0.0477. The zero-order chi connectivity index (χ0) is 13.0. The zero-order valence-electron chi connectivity index (χ0n) is 11.7. The first-order valence-corrected chi connectivity index (χ1v) is 6.95. The third kappa shape index (κ3) is 4.66. The maximum Gasteiger partial charge on any atom is 0.221 e. The van der Waals surface area contributed by atoms with Crippen molar-refractivity contribution in [2.24, 2.45) is 23.5 Å². The van der Waals surface area contributed by atoms with Crippen LogP contribution in [0.3, 0.4) is 0 Å². The molecular formula is C14H28N2O. The lowest BCUT2D eigenvalue weighted by Gasteiger charge is -2.37. The Morgan fingerprint density at radius 3 is 2.53 bits per heavy atom. The Kier molecular flexibility index (Phi) is 5.44. The lowest BCUT2D eigenvalue weighted by atomic mass is 9.74. The summed E-state index contributed by atoms with van der Waals surface area (Å²) >= 11 is 0. The maximum atomic E-state index is 11.8. The maximum absolute atomic E-state index is 11.8. The summed E-state index contributed by atoms with van der Waals surface area (Å²) in [7, 11) is 0. The predicted molar refractivity (Wildman–Crippen MR) is 71.5 cm³/mol. The first-order valence-electron chi connectivity index (χ1n) is 6.95. The van der Waals surface area contributed by atoms with Crippen molar-refractivity contribution in [1.29, 1.82) is 0 Å². The minimum Gasteiger partial charge on any atom is -0.353 e. The SMILES string of the molecule is CC(N)CC(=O)NC1CC(C)CCC1C(C)C.